The van der Waals surface area contributed by atoms with Gasteiger partial charge >= 0.3 is 0 Å². The van der Waals surface area contributed by atoms with Crippen molar-refractivity contribution in [3.8, 4) is 0 Å². The Balaban J connectivity index is 1.93. The molecule has 0 aromatic carbocycles. The van der Waals surface area contributed by atoms with E-state index in [2.05, 4.69) is 15.7 Å². The molecule has 0 spiro atoms. The van der Waals surface area contributed by atoms with Crippen LogP contribution in [-0.2, 0) is 6.54 Å². The summed E-state index contributed by atoms with van der Waals surface area (Å²) in [6.45, 7) is 6.38. The number of aromatic nitrogens is 2. The number of carbonyl (C=O) groups is 1. The summed E-state index contributed by atoms with van der Waals surface area (Å²) in [7, 11) is 0. The van der Waals surface area contributed by atoms with Crippen molar-refractivity contribution >= 4 is 5.91 Å². The van der Waals surface area contributed by atoms with Crippen LogP contribution in [0.25, 0.3) is 0 Å². The van der Waals surface area contributed by atoms with Gasteiger partial charge in [0.1, 0.15) is 5.69 Å². The zero-order valence-corrected chi connectivity index (χ0v) is 10.5. The fourth-order valence-electron chi connectivity index (χ4n) is 2.21. The molecule has 2 heterocycles. The molecule has 0 radical (unpaired) electrons. The minimum absolute atomic E-state index is 0.0267. The molecule has 5 heteroatoms. The average molecular weight is 236 g/mol. The molecule has 1 fully saturated rings. The van der Waals surface area contributed by atoms with Gasteiger partial charge in [0.05, 0.1) is 5.69 Å². The van der Waals surface area contributed by atoms with E-state index in [1.807, 2.05) is 19.9 Å². The first-order chi connectivity index (χ1) is 8.20. The van der Waals surface area contributed by atoms with Crippen LogP contribution in [0.2, 0.25) is 0 Å². The van der Waals surface area contributed by atoms with Crippen LogP contribution in [0.5, 0.6) is 0 Å². The molecule has 1 aliphatic heterocycles. The molecule has 1 aliphatic rings. The maximum atomic E-state index is 12.0. The number of rotatable bonds is 4. The summed E-state index contributed by atoms with van der Waals surface area (Å²) < 4.78 is 1.74. The van der Waals surface area contributed by atoms with Gasteiger partial charge in [0.25, 0.3) is 5.91 Å². The summed E-state index contributed by atoms with van der Waals surface area (Å²) >= 11 is 0. The first-order valence-electron chi connectivity index (χ1n) is 6.26. The van der Waals surface area contributed by atoms with E-state index in [-0.39, 0.29) is 5.91 Å². The van der Waals surface area contributed by atoms with Gasteiger partial charge < -0.3 is 10.6 Å². The third-order valence-corrected chi connectivity index (χ3v) is 3.11. The molecule has 2 rings (SSSR count). The van der Waals surface area contributed by atoms with E-state index < -0.39 is 0 Å². The van der Waals surface area contributed by atoms with Gasteiger partial charge in [0.2, 0.25) is 0 Å². The van der Waals surface area contributed by atoms with Crippen molar-refractivity contribution in [2.24, 2.45) is 0 Å². The molecule has 17 heavy (non-hydrogen) atoms. The zero-order chi connectivity index (χ0) is 12.3. The molecular weight excluding hydrogens is 216 g/mol. The number of nitrogens with zero attached hydrogens (tertiary/aromatic N) is 2. The SMILES string of the molecule is CCn1nc(C)cc1C(=O)NCC1CCCN1. The number of carbonyl (C=O) groups excluding carboxylic acids is 1. The number of amides is 1. The molecule has 0 aliphatic carbocycles. The highest BCUT2D eigenvalue weighted by molar-refractivity contribution is 5.92. The van der Waals surface area contributed by atoms with Crippen LogP contribution in [0, 0.1) is 6.92 Å². The molecule has 0 bridgehead atoms. The summed E-state index contributed by atoms with van der Waals surface area (Å²) in [4.78, 5) is 12.0. The van der Waals surface area contributed by atoms with Crippen molar-refractivity contribution in [1.82, 2.24) is 20.4 Å². The van der Waals surface area contributed by atoms with Crippen molar-refractivity contribution in [3.05, 3.63) is 17.5 Å². The van der Waals surface area contributed by atoms with Gasteiger partial charge in [-0.2, -0.15) is 5.10 Å². The number of hydrogen-bond donors (Lipinski definition) is 2. The molecule has 1 unspecified atom stereocenters. The molecular formula is C12H20N4O. The molecule has 1 aromatic heterocycles. The zero-order valence-electron chi connectivity index (χ0n) is 10.5. The average Bonchev–Trinajstić information content (AvgIpc) is 2.94. The van der Waals surface area contributed by atoms with Crippen LogP contribution < -0.4 is 10.6 Å². The standard InChI is InChI=1S/C12H20N4O/c1-3-16-11(7-9(2)15-16)12(17)14-8-10-5-4-6-13-10/h7,10,13H,3-6,8H2,1-2H3,(H,14,17). The second kappa shape index (κ2) is 5.31. The van der Waals surface area contributed by atoms with Gasteiger partial charge in [-0.05, 0) is 39.3 Å². The normalized spacial score (nSPS) is 19.5. The Bertz CT molecular complexity index is 393. The van der Waals surface area contributed by atoms with E-state index in [9.17, 15) is 4.79 Å². The molecule has 1 amide bonds. The van der Waals surface area contributed by atoms with Crippen LogP contribution in [0.1, 0.15) is 35.9 Å². The summed E-state index contributed by atoms with van der Waals surface area (Å²) in [5, 5.41) is 10.6. The maximum Gasteiger partial charge on any atom is 0.269 e. The number of hydrogen-bond acceptors (Lipinski definition) is 3. The minimum atomic E-state index is -0.0267. The summed E-state index contributed by atoms with van der Waals surface area (Å²) in [5.74, 6) is -0.0267. The largest absolute Gasteiger partial charge is 0.349 e. The van der Waals surface area contributed by atoms with Crippen molar-refractivity contribution in [3.63, 3.8) is 0 Å². The molecule has 0 saturated carbocycles. The van der Waals surface area contributed by atoms with Crippen molar-refractivity contribution in [1.29, 1.82) is 0 Å². The van der Waals surface area contributed by atoms with Crippen molar-refractivity contribution in [2.75, 3.05) is 13.1 Å². The summed E-state index contributed by atoms with van der Waals surface area (Å²) in [5.41, 5.74) is 1.54. The molecule has 1 aromatic rings. The van der Waals surface area contributed by atoms with Crippen LogP contribution in [0.3, 0.4) is 0 Å². The Morgan fingerprint density at radius 3 is 3.18 bits per heavy atom. The predicted molar refractivity (Wildman–Crippen MR) is 66.0 cm³/mol. The van der Waals surface area contributed by atoms with Crippen LogP contribution in [0.15, 0.2) is 6.07 Å². The van der Waals surface area contributed by atoms with Gasteiger partial charge in [-0.15, -0.1) is 0 Å². The van der Waals surface area contributed by atoms with Crippen molar-refractivity contribution < 1.29 is 4.79 Å². The Kier molecular flexibility index (Phi) is 3.78. The Morgan fingerprint density at radius 1 is 1.71 bits per heavy atom. The van der Waals surface area contributed by atoms with E-state index in [1.165, 1.54) is 6.42 Å². The second-order valence-electron chi connectivity index (χ2n) is 4.49. The topological polar surface area (TPSA) is 59.0 Å². The molecule has 1 saturated heterocycles. The maximum absolute atomic E-state index is 12.0. The van der Waals surface area contributed by atoms with Crippen LogP contribution in [-0.4, -0.2) is 34.8 Å². The van der Waals surface area contributed by atoms with Gasteiger partial charge in [0, 0.05) is 19.1 Å². The predicted octanol–water partition coefficient (Wildman–Crippen LogP) is 0.693. The smallest absolute Gasteiger partial charge is 0.269 e. The van der Waals surface area contributed by atoms with Crippen molar-refractivity contribution in [2.45, 2.75) is 39.3 Å². The third-order valence-electron chi connectivity index (χ3n) is 3.11. The van der Waals surface area contributed by atoms with E-state index in [4.69, 9.17) is 0 Å². The lowest BCUT2D eigenvalue weighted by Crippen LogP contribution is -2.37. The van der Waals surface area contributed by atoms with E-state index in [1.54, 1.807) is 4.68 Å². The lowest BCUT2D eigenvalue weighted by atomic mass is 10.2. The second-order valence-corrected chi connectivity index (χ2v) is 4.49. The van der Waals surface area contributed by atoms with E-state index in [0.29, 0.717) is 18.3 Å². The van der Waals surface area contributed by atoms with Gasteiger partial charge in [0.15, 0.2) is 0 Å². The Morgan fingerprint density at radius 2 is 2.53 bits per heavy atom. The Hall–Kier alpha value is -1.36. The van der Waals surface area contributed by atoms with Gasteiger partial charge in [-0.3, -0.25) is 9.48 Å². The fraction of sp³-hybridized carbons (Fsp3) is 0.667. The first-order valence-corrected chi connectivity index (χ1v) is 6.26. The van der Waals surface area contributed by atoms with Gasteiger partial charge in [-0.25, -0.2) is 0 Å². The molecule has 2 N–H and O–H groups in total. The summed E-state index contributed by atoms with van der Waals surface area (Å²) in [6, 6.07) is 2.26. The molecule has 94 valence electrons. The number of nitrogens with one attached hydrogen (secondary N) is 2. The Labute approximate surface area is 102 Å². The highest BCUT2D eigenvalue weighted by atomic mass is 16.2. The minimum Gasteiger partial charge on any atom is -0.349 e. The fourth-order valence-corrected chi connectivity index (χ4v) is 2.21. The monoisotopic (exact) mass is 236 g/mol. The summed E-state index contributed by atoms with van der Waals surface area (Å²) in [6.07, 6.45) is 2.35. The lowest BCUT2D eigenvalue weighted by molar-refractivity contribution is 0.0939. The van der Waals surface area contributed by atoms with Crippen LogP contribution >= 0.6 is 0 Å². The highest BCUT2D eigenvalue weighted by Gasteiger charge is 2.17. The highest BCUT2D eigenvalue weighted by Crippen LogP contribution is 2.06. The molecule has 1 atom stereocenters. The van der Waals surface area contributed by atoms with E-state index >= 15 is 0 Å². The van der Waals surface area contributed by atoms with E-state index in [0.717, 1.165) is 25.2 Å². The van der Waals surface area contributed by atoms with Crippen LogP contribution in [0.4, 0.5) is 0 Å². The molecule has 5 nitrogen and oxygen atoms in total. The van der Waals surface area contributed by atoms with Gasteiger partial charge in [-0.1, -0.05) is 0 Å². The first kappa shape index (κ1) is 12.1. The quantitative estimate of drug-likeness (QED) is 0.809. The third kappa shape index (κ3) is 2.85. The lowest BCUT2D eigenvalue weighted by Gasteiger charge is -2.11. The number of aryl methyl sites for hydroxylation is 2.